The number of nitrogens with zero attached hydrogens (tertiary/aromatic N) is 1. The Bertz CT molecular complexity index is 453. The highest BCUT2D eigenvalue weighted by atomic mass is 15.1. The molecule has 0 atom stereocenters. The zero-order chi connectivity index (χ0) is 15.5. The van der Waals surface area contributed by atoms with Crippen molar-refractivity contribution in [2.75, 3.05) is 25.0 Å². The Morgan fingerprint density at radius 1 is 1.19 bits per heavy atom. The van der Waals surface area contributed by atoms with Crippen LogP contribution in [-0.2, 0) is 0 Å². The van der Waals surface area contributed by atoms with Gasteiger partial charge < -0.3 is 10.2 Å². The van der Waals surface area contributed by atoms with Crippen molar-refractivity contribution >= 4 is 5.69 Å². The standard InChI is InChI=1S/C19H32N2/c1-16-9-8-10-17(13-16)21(5)15-19(11-6-7-12-19)14-20-18(2,3)4/h8-10,13,20H,6-7,11-12,14-15H2,1-5H3. The van der Waals surface area contributed by atoms with E-state index >= 15 is 0 Å². The molecule has 0 aliphatic heterocycles. The van der Waals surface area contributed by atoms with Crippen LogP contribution >= 0.6 is 0 Å². The Balaban J connectivity index is 2.05. The van der Waals surface area contributed by atoms with E-state index in [2.05, 4.69) is 69.2 Å². The third-order valence-electron chi connectivity index (χ3n) is 4.67. The summed E-state index contributed by atoms with van der Waals surface area (Å²) in [5.74, 6) is 0. The predicted molar refractivity (Wildman–Crippen MR) is 93.1 cm³/mol. The van der Waals surface area contributed by atoms with E-state index in [9.17, 15) is 0 Å². The smallest absolute Gasteiger partial charge is 0.0366 e. The SMILES string of the molecule is Cc1cccc(N(C)CC2(CNC(C)(C)C)CCCC2)c1. The van der Waals surface area contributed by atoms with Crippen LogP contribution in [0.2, 0.25) is 0 Å². The molecule has 0 radical (unpaired) electrons. The van der Waals surface area contributed by atoms with Gasteiger partial charge in [-0.1, -0.05) is 25.0 Å². The highest BCUT2D eigenvalue weighted by Gasteiger charge is 2.35. The molecule has 1 saturated carbocycles. The van der Waals surface area contributed by atoms with E-state index in [0.717, 1.165) is 13.1 Å². The van der Waals surface area contributed by atoms with Gasteiger partial charge in [-0.3, -0.25) is 0 Å². The molecule has 2 heteroatoms. The maximum absolute atomic E-state index is 3.75. The van der Waals surface area contributed by atoms with Crippen LogP contribution in [0, 0.1) is 12.3 Å². The largest absolute Gasteiger partial charge is 0.374 e. The van der Waals surface area contributed by atoms with Gasteiger partial charge in [0.25, 0.3) is 0 Å². The number of rotatable bonds is 5. The second-order valence-electron chi connectivity index (χ2n) is 8.01. The quantitative estimate of drug-likeness (QED) is 0.865. The molecule has 21 heavy (non-hydrogen) atoms. The van der Waals surface area contributed by atoms with Crippen molar-refractivity contribution in [2.24, 2.45) is 5.41 Å². The van der Waals surface area contributed by atoms with Crippen LogP contribution in [-0.4, -0.2) is 25.7 Å². The van der Waals surface area contributed by atoms with Gasteiger partial charge in [-0.25, -0.2) is 0 Å². The van der Waals surface area contributed by atoms with Crippen molar-refractivity contribution < 1.29 is 0 Å². The van der Waals surface area contributed by atoms with Crippen molar-refractivity contribution in [3.05, 3.63) is 29.8 Å². The Morgan fingerprint density at radius 3 is 2.43 bits per heavy atom. The van der Waals surface area contributed by atoms with E-state index in [1.54, 1.807) is 0 Å². The summed E-state index contributed by atoms with van der Waals surface area (Å²) in [6.45, 7) is 11.2. The zero-order valence-electron chi connectivity index (χ0n) is 14.5. The van der Waals surface area contributed by atoms with Crippen molar-refractivity contribution in [2.45, 2.75) is 58.9 Å². The van der Waals surface area contributed by atoms with Crippen molar-refractivity contribution in [3.8, 4) is 0 Å². The number of hydrogen-bond donors (Lipinski definition) is 1. The fraction of sp³-hybridized carbons (Fsp3) is 0.684. The highest BCUT2D eigenvalue weighted by Crippen LogP contribution is 2.39. The van der Waals surface area contributed by atoms with Crippen LogP contribution < -0.4 is 10.2 Å². The lowest BCUT2D eigenvalue weighted by molar-refractivity contribution is 0.252. The third kappa shape index (κ3) is 4.74. The summed E-state index contributed by atoms with van der Waals surface area (Å²) < 4.78 is 0. The Kier molecular flexibility index (Phi) is 4.98. The second-order valence-corrected chi connectivity index (χ2v) is 8.01. The van der Waals surface area contributed by atoms with E-state index in [-0.39, 0.29) is 5.54 Å². The van der Waals surface area contributed by atoms with E-state index in [0.29, 0.717) is 5.41 Å². The van der Waals surface area contributed by atoms with Gasteiger partial charge in [0.05, 0.1) is 0 Å². The average Bonchev–Trinajstić information content (AvgIpc) is 2.85. The minimum atomic E-state index is 0.206. The lowest BCUT2D eigenvalue weighted by Crippen LogP contribution is -2.47. The lowest BCUT2D eigenvalue weighted by atomic mass is 9.84. The van der Waals surface area contributed by atoms with E-state index in [1.807, 2.05) is 0 Å². The number of nitrogens with one attached hydrogen (secondary N) is 1. The molecule has 0 heterocycles. The molecule has 0 aromatic heterocycles. The first-order valence-corrected chi connectivity index (χ1v) is 8.33. The number of aryl methyl sites for hydroxylation is 1. The molecular formula is C19H32N2. The molecule has 1 aromatic carbocycles. The molecule has 1 aliphatic rings. The van der Waals surface area contributed by atoms with Gasteiger partial charge in [-0.15, -0.1) is 0 Å². The predicted octanol–water partition coefficient (Wildman–Crippen LogP) is 4.38. The highest BCUT2D eigenvalue weighted by molar-refractivity contribution is 5.47. The van der Waals surface area contributed by atoms with Gasteiger partial charge in [0.1, 0.15) is 0 Å². The summed E-state index contributed by atoms with van der Waals surface area (Å²) >= 11 is 0. The van der Waals surface area contributed by atoms with Crippen LogP contribution in [0.25, 0.3) is 0 Å². The van der Waals surface area contributed by atoms with Gasteiger partial charge in [-0.2, -0.15) is 0 Å². The summed E-state index contributed by atoms with van der Waals surface area (Å²) in [5, 5.41) is 3.75. The fourth-order valence-corrected chi connectivity index (χ4v) is 3.43. The molecule has 0 bridgehead atoms. The molecule has 1 aliphatic carbocycles. The molecule has 0 unspecified atom stereocenters. The first-order valence-electron chi connectivity index (χ1n) is 8.33. The second kappa shape index (κ2) is 6.39. The van der Waals surface area contributed by atoms with E-state index in [1.165, 1.54) is 36.9 Å². The maximum Gasteiger partial charge on any atom is 0.0366 e. The first kappa shape index (κ1) is 16.4. The molecule has 2 nitrogen and oxygen atoms in total. The Hall–Kier alpha value is -1.02. The molecule has 0 spiro atoms. The minimum absolute atomic E-state index is 0.206. The summed E-state index contributed by atoms with van der Waals surface area (Å²) in [4.78, 5) is 2.45. The lowest BCUT2D eigenvalue weighted by Gasteiger charge is -2.37. The molecule has 1 N–H and O–H groups in total. The van der Waals surface area contributed by atoms with Crippen molar-refractivity contribution in [3.63, 3.8) is 0 Å². The van der Waals surface area contributed by atoms with E-state index < -0.39 is 0 Å². The monoisotopic (exact) mass is 288 g/mol. The molecule has 118 valence electrons. The molecule has 2 rings (SSSR count). The first-order chi connectivity index (χ1) is 9.80. The Morgan fingerprint density at radius 2 is 1.86 bits per heavy atom. The molecular weight excluding hydrogens is 256 g/mol. The average molecular weight is 288 g/mol. The maximum atomic E-state index is 3.75. The van der Waals surface area contributed by atoms with Crippen molar-refractivity contribution in [1.82, 2.24) is 5.32 Å². The number of hydrogen-bond acceptors (Lipinski definition) is 2. The van der Waals surface area contributed by atoms with Crippen LogP contribution in [0.15, 0.2) is 24.3 Å². The summed E-state index contributed by atoms with van der Waals surface area (Å²) in [5.41, 5.74) is 3.33. The van der Waals surface area contributed by atoms with Crippen LogP contribution in [0.3, 0.4) is 0 Å². The third-order valence-corrected chi connectivity index (χ3v) is 4.67. The summed E-state index contributed by atoms with van der Waals surface area (Å²) in [6, 6.07) is 8.85. The number of benzene rings is 1. The summed E-state index contributed by atoms with van der Waals surface area (Å²) in [7, 11) is 2.24. The fourth-order valence-electron chi connectivity index (χ4n) is 3.43. The normalized spacial score (nSPS) is 18.0. The molecule has 0 saturated heterocycles. The van der Waals surface area contributed by atoms with Gasteiger partial charge in [0, 0.05) is 36.8 Å². The molecule has 1 fully saturated rings. The van der Waals surface area contributed by atoms with Crippen LogP contribution in [0.4, 0.5) is 5.69 Å². The van der Waals surface area contributed by atoms with Gasteiger partial charge in [0.2, 0.25) is 0 Å². The van der Waals surface area contributed by atoms with Gasteiger partial charge in [0.15, 0.2) is 0 Å². The molecule has 0 amide bonds. The van der Waals surface area contributed by atoms with Gasteiger partial charge >= 0.3 is 0 Å². The Labute approximate surface area is 130 Å². The van der Waals surface area contributed by atoms with Crippen LogP contribution in [0.1, 0.15) is 52.0 Å². The topological polar surface area (TPSA) is 15.3 Å². The minimum Gasteiger partial charge on any atom is -0.374 e. The zero-order valence-corrected chi connectivity index (χ0v) is 14.5. The molecule has 1 aromatic rings. The van der Waals surface area contributed by atoms with Crippen LogP contribution in [0.5, 0.6) is 0 Å². The summed E-state index contributed by atoms with van der Waals surface area (Å²) in [6.07, 6.45) is 5.47. The van der Waals surface area contributed by atoms with E-state index in [4.69, 9.17) is 0 Å². The van der Waals surface area contributed by atoms with Gasteiger partial charge in [-0.05, 0) is 58.2 Å². The van der Waals surface area contributed by atoms with Crippen molar-refractivity contribution in [1.29, 1.82) is 0 Å². The number of anilines is 1.